The SMILES string of the molecule is O=S(=O)([O-])c1ccc(C2CC(C(F)(F)F)=NN2c2ccc(F)cc2F)cc1.[Na+]. The summed E-state index contributed by atoms with van der Waals surface area (Å²) in [5.41, 5.74) is -1.37. The van der Waals surface area contributed by atoms with E-state index in [1.54, 1.807) is 0 Å². The molecule has 2 aromatic rings. The van der Waals surface area contributed by atoms with E-state index in [0.717, 1.165) is 41.4 Å². The number of hydrazone groups is 1. The average molecular weight is 428 g/mol. The molecule has 3 rings (SSSR count). The predicted molar refractivity (Wildman–Crippen MR) is 84.1 cm³/mol. The quantitative estimate of drug-likeness (QED) is 0.411. The minimum Gasteiger partial charge on any atom is -0.744 e. The van der Waals surface area contributed by atoms with Gasteiger partial charge >= 0.3 is 35.7 Å². The van der Waals surface area contributed by atoms with Crippen molar-refractivity contribution < 1.29 is 64.5 Å². The Morgan fingerprint density at radius 3 is 2.18 bits per heavy atom. The summed E-state index contributed by atoms with van der Waals surface area (Å²) in [6.45, 7) is 0. The van der Waals surface area contributed by atoms with E-state index in [9.17, 15) is 34.9 Å². The van der Waals surface area contributed by atoms with Crippen LogP contribution in [0.1, 0.15) is 18.0 Å². The maximum Gasteiger partial charge on any atom is 1.00 e. The predicted octanol–water partition coefficient (Wildman–Crippen LogP) is 0.743. The number of rotatable bonds is 3. The molecule has 12 heteroatoms. The molecule has 0 amide bonds. The number of anilines is 1. The van der Waals surface area contributed by atoms with Crippen LogP contribution in [-0.4, -0.2) is 24.9 Å². The first kappa shape index (κ1) is 22.8. The van der Waals surface area contributed by atoms with Crippen molar-refractivity contribution in [3.63, 3.8) is 0 Å². The first-order valence-corrected chi connectivity index (χ1v) is 8.82. The standard InChI is InChI=1S/C16H11F5N2O3S.Na/c17-10-3-6-13(12(18)7-10)23-14(8-15(22-23)16(19,20)21)9-1-4-11(5-2-9)27(24,25)26;/h1-7,14H,8H2,(H,24,25,26);/q;+1/p-1. The van der Waals surface area contributed by atoms with E-state index in [0.29, 0.717) is 6.07 Å². The maximum atomic E-state index is 14.1. The fraction of sp³-hybridized carbons (Fsp3) is 0.188. The number of nitrogens with zero attached hydrogens (tertiary/aromatic N) is 2. The van der Waals surface area contributed by atoms with Gasteiger partial charge in [-0.05, 0) is 29.8 Å². The molecule has 0 fully saturated rings. The van der Waals surface area contributed by atoms with Crippen molar-refractivity contribution in [2.45, 2.75) is 23.5 Å². The Balaban J connectivity index is 0.00000280. The molecule has 0 aromatic heterocycles. The molecule has 144 valence electrons. The van der Waals surface area contributed by atoms with Crippen LogP contribution in [-0.2, 0) is 10.1 Å². The Hall–Kier alpha value is -1.53. The molecule has 0 radical (unpaired) electrons. The summed E-state index contributed by atoms with van der Waals surface area (Å²) in [7, 11) is -4.73. The molecule has 2 aromatic carbocycles. The summed E-state index contributed by atoms with van der Waals surface area (Å²) < 4.78 is 99.4. The van der Waals surface area contributed by atoms with Gasteiger partial charge in [-0.25, -0.2) is 17.2 Å². The molecule has 0 saturated heterocycles. The van der Waals surface area contributed by atoms with E-state index in [-0.39, 0.29) is 40.8 Å². The summed E-state index contributed by atoms with van der Waals surface area (Å²) in [4.78, 5) is -0.555. The van der Waals surface area contributed by atoms with Crippen LogP contribution in [0, 0.1) is 11.6 Å². The van der Waals surface area contributed by atoms with E-state index in [4.69, 9.17) is 0 Å². The summed E-state index contributed by atoms with van der Waals surface area (Å²) in [5, 5.41) is 4.19. The zero-order valence-electron chi connectivity index (χ0n) is 14.2. The molecule has 0 saturated carbocycles. The summed E-state index contributed by atoms with van der Waals surface area (Å²) in [6.07, 6.45) is -5.40. The first-order valence-electron chi connectivity index (χ1n) is 7.41. The molecular weight excluding hydrogens is 418 g/mol. The molecule has 28 heavy (non-hydrogen) atoms. The molecule has 5 nitrogen and oxygen atoms in total. The number of hydrogen-bond acceptors (Lipinski definition) is 5. The van der Waals surface area contributed by atoms with Gasteiger partial charge in [-0.2, -0.15) is 18.3 Å². The summed E-state index contributed by atoms with van der Waals surface area (Å²) in [5.74, 6) is -2.01. The average Bonchev–Trinajstić information content (AvgIpc) is 2.99. The molecule has 0 spiro atoms. The van der Waals surface area contributed by atoms with E-state index in [1.165, 1.54) is 0 Å². The fourth-order valence-electron chi connectivity index (χ4n) is 2.69. The Labute approximate surface area is 178 Å². The van der Waals surface area contributed by atoms with E-state index in [1.807, 2.05) is 0 Å². The van der Waals surface area contributed by atoms with Crippen LogP contribution in [0.2, 0.25) is 0 Å². The van der Waals surface area contributed by atoms with Crippen LogP contribution < -0.4 is 34.6 Å². The largest absolute Gasteiger partial charge is 1.00 e. The van der Waals surface area contributed by atoms with Crippen LogP contribution in [0.4, 0.5) is 27.6 Å². The Morgan fingerprint density at radius 2 is 1.68 bits per heavy atom. The van der Waals surface area contributed by atoms with Crippen molar-refractivity contribution in [2.24, 2.45) is 5.10 Å². The third-order valence-corrected chi connectivity index (χ3v) is 4.80. The maximum absolute atomic E-state index is 14.1. The van der Waals surface area contributed by atoms with Crippen molar-refractivity contribution >= 4 is 21.5 Å². The van der Waals surface area contributed by atoms with Gasteiger partial charge in [-0.15, -0.1) is 0 Å². The Kier molecular flexibility index (Phi) is 6.56. The second kappa shape index (κ2) is 8.07. The molecule has 1 aliphatic rings. The monoisotopic (exact) mass is 428 g/mol. The van der Waals surface area contributed by atoms with Gasteiger partial charge in [0.1, 0.15) is 21.6 Å². The van der Waals surface area contributed by atoms with Gasteiger partial charge in [0.25, 0.3) is 0 Å². The van der Waals surface area contributed by atoms with Crippen molar-refractivity contribution in [3.05, 3.63) is 59.7 Å². The Morgan fingerprint density at radius 1 is 1.07 bits per heavy atom. The number of benzene rings is 2. The van der Waals surface area contributed by atoms with Crippen LogP contribution >= 0.6 is 0 Å². The topological polar surface area (TPSA) is 72.8 Å². The van der Waals surface area contributed by atoms with Crippen LogP contribution in [0.3, 0.4) is 0 Å². The number of alkyl halides is 3. The van der Waals surface area contributed by atoms with Crippen LogP contribution in [0.5, 0.6) is 0 Å². The minimum atomic E-state index is -4.76. The molecule has 1 aliphatic heterocycles. The molecule has 1 heterocycles. The third kappa shape index (κ3) is 4.71. The smallest absolute Gasteiger partial charge is 0.744 e. The molecule has 0 aliphatic carbocycles. The van der Waals surface area contributed by atoms with Crippen molar-refractivity contribution in [2.75, 3.05) is 5.01 Å². The van der Waals surface area contributed by atoms with E-state index < -0.39 is 51.0 Å². The van der Waals surface area contributed by atoms with Crippen molar-refractivity contribution in [1.82, 2.24) is 0 Å². The molecular formula is C16H10F5N2NaO3S. The van der Waals surface area contributed by atoms with Gasteiger partial charge in [0.05, 0.1) is 16.6 Å². The van der Waals surface area contributed by atoms with Gasteiger partial charge < -0.3 is 4.55 Å². The first-order chi connectivity index (χ1) is 12.5. The van der Waals surface area contributed by atoms with Gasteiger partial charge in [-0.1, -0.05) is 12.1 Å². The molecule has 1 atom stereocenters. The van der Waals surface area contributed by atoms with Gasteiger partial charge in [0.2, 0.25) is 0 Å². The van der Waals surface area contributed by atoms with Crippen molar-refractivity contribution in [3.8, 4) is 0 Å². The molecule has 0 N–H and O–H groups in total. The van der Waals surface area contributed by atoms with Gasteiger partial charge in [0, 0.05) is 12.5 Å². The van der Waals surface area contributed by atoms with Gasteiger partial charge in [0.15, 0.2) is 5.82 Å². The minimum absolute atomic E-state index is 0. The van der Waals surface area contributed by atoms with Crippen LogP contribution in [0.25, 0.3) is 0 Å². The van der Waals surface area contributed by atoms with Gasteiger partial charge in [-0.3, -0.25) is 5.01 Å². The third-order valence-electron chi connectivity index (χ3n) is 3.95. The van der Waals surface area contributed by atoms with Crippen molar-refractivity contribution in [1.29, 1.82) is 0 Å². The second-order valence-electron chi connectivity index (χ2n) is 5.73. The zero-order valence-corrected chi connectivity index (χ0v) is 17.1. The van der Waals surface area contributed by atoms with Crippen LogP contribution in [0.15, 0.2) is 52.5 Å². The Bertz CT molecular complexity index is 1010. The summed E-state index contributed by atoms with van der Waals surface area (Å²) in [6, 6.07) is 5.42. The summed E-state index contributed by atoms with van der Waals surface area (Å²) >= 11 is 0. The number of hydrogen-bond donors (Lipinski definition) is 0. The number of halogens is 5. The molecule has 1 unspecified atom stereocenters. The normalized spacial score (nSPS) is 17.3. The molecule has 0 bridgehead atoms. The van der Waals surface area contributed by atoms with E-state index >= 15 is 0 Å². The second-order valence-corrected chi connectivity index (χ2v) is 7.11. The fourth-order valence-corrected chi connectivity index (χ4v) is 3.16. The zero-order chi connectivity index (χ0) is 20.0. The van der Waals surface area contributed by atoms with E-state index in [2.05, 4.69) is 5.10 Å².